The van der Waals surface area contributed by atoms with Crippen LogP contribution in [0.3, 0.4) is 0 Å². The number of anilines is 1. The molecule has 6 heteroatoms. The number of aryl methyl sites for hydroxylation is 1. The summed E-state index contributed by atoms with van der Waals surface area (Å²) in [7, 11) is 0. The number of rotatable bonds is 7. The van der Waals surface area contributed by atoms with Gasteiger partial charge < -0.3 is 10.6 Å². The van der Waals surface area contributed by atoms with Gasteiger partial charge in [0.15, 0.2) is 0 Å². The number of carbonyl (C=O) groups excluding carboxylic acids is 3. The topological polar surface area (TPSA) is 78.5 Å². The lowest BCUT2D eigenvalue weighted by atomic mass is 9.90. The SMILES string of the molecule is CC[C@](C)(C(=O)NC1CCCCC1)N(C(=O)CNC(C)=O)c1ccc(C)cc1. The van der Waals surface area contributed by atoms with Gasteiger partial charge in [0.1, 0.15) is 5.54 Å². The van der Waals surface area contributed by atoms with Gasteiger partial charge in [-0.3, -0.25) is 19.3 Å². The van der Waals surface area contributed by atoms with Crippen LogP contribution in [0.4, 0.5) is 5.69 Å². The molecule has 1 aliphatic carbocycles. The van der Waals surface area contributed by atoms with Crippen LogP contribution in [0, 0.1) is 6.92 Å². The van der Waals surface area contributed by atoms with Gasteiger partial charge in [0.2, 0.25) is 17.7 Å². The second kappa shape index (κ2) is 9.71. The summed E-state index contributed by atoms with van der Waals surface area (Å²) in [6, 6.07) is 7.70. The van der Waals surface area contributed by atoms with E-state index in [1.165, 1.54) is 13.3 Å². The van der Waals surface area contributed by atoms with E-state index < -0.39 is 5.54 Å². The Kier molecular flexibility index (Phi) is 7.61. The van der Waals surface area contributed by atoms with Crippen molar-refractivity contribution >= 4 is 23.4 Å². The lowest BCUT2D eigenvalue weighted by Gasteiger charge is -2.41. The third-order valence-electron chi connectivity index (χ3n) is 5.64. The highest BCUT2D eigenvalue weighted by Crippen LogP contribution is 2.29. The summed E-state index contributed by atoms with van der Waals surface area (Å²) in [4.78, 5) is 39.2. The van der Waals surface area contributed by atoms with Crippen LogP contribution in [0.2, 0.25) is 0 Å². The Balaban J connectivity index is 2.32. The molecule has 28 heavy (non-hydrogen) atoms. The number of hydrogen-bond donors (Lipinski definition) is 2. The zero-order chi connectivity index (χ0) is 20.7. The Morgan fingerprint density at radius 1 is 1.11 bits per heavy atom. The fraction of sp³-hybridized carbons (Fsp3) is 0.591. The third-order valence-corrected chi connectivity index (χ3v) is 5.64. The minimum atomic E-state index is -1.04. The Morgan fingerprint density at radius 3 is 2.25 bits per heavy atom. The Morgan fingerprint density at radius 2 is 1.71 bits per heavy atom. The molecule has 1 fully saturated rings. The first-order valence-electron chi connectivity index (χ1n) is 10.2. The van der Waals surface area contributed by atoms with Crippen LogP contribution in [0.15, 0.2) is 24.3 Å². The zero-order valence-electron chi connectivity index (χ0n) is 17.5. The smallest absolute Gasteiger partial charge is 0.247 e. The van der Waals surface area contributed by atoms with Crippen LogP contribution in [0.25, 0.3) is 0 Å². The minimum absolute atomic E-state index is 0.140. The van der Waals surface area contributed by atoms with Gasteiger partial charge in [-0.1, -0.05) is 43.9 Å². The molecule has 0 unspecified atom stereocenters. The van der Waals surface area contributed by atoms with E-state index in [9.17, 15) is 14.4 Å². The number of nitrogens with one attached hydrogen (secondary N) is 2. The second-order valence-electron chi connectivity index (χ2n) is 7.91. The van der Waals surface area contributed by atoms with Gasteiger partial charge >= 0.3 is 0 Å². The van der Waals surface area contributed by atoms with Gasteiger partial charge in [0.25, 0.3) is 0 Å². The first-order chi connectivity index (χ1) is 13.3. The van der Waals surface area contributed by atoms with Crippen molar-refractivity contribution in [1.29, 1.82) is 0 Å². The molecule has 0 saturated heterocycles. The van der Waals surface area contributed by atoms with E-state index in [1.54, 1.807) is 11.8 Å². The maximum atomic E-state index is 13.3. The molecule has 0 aromatic heterocycles. The largest absolute Gasteiger partial charge is 0.351 e. The summed E-state index contributed by atoms with van der Waals surface area (Å²) >= 11 is 0. The maximum Gasteiger partial charge on any atom is 0.247 e. The van der Waals surface area contributed by atoms with Crippen LogP contribution in [-0.4, -0.2) is 35.8 Å². The first kappa shape index (κ1) is 21.9. The molecule has 154 valence electrons. The van der Waals surface area contributed by atoms with E-state index in [0.29, 0.717) is 12.1 Å². The molecule has 3 amide bonds. The zero-order valence-corrected chi connectivity index (χ0v) is 17.5. The molecule has 6 nitrogen and oxygen atoms in total. The average Bonchev–Trinajstić information content (AvgIpc) is 2.68. The highest BCUT2D eigenvalue weighted by Gasteiger charge is 2.42. The summed E-state index contributed by atoms with van der Waals surface area (Å²) in [5.74, 6) is -0.720. The monoisotopic (exact) mass is 387 g/mol. The first-order valence-corrected chi connectivity index (χ1v) is 10.2. The lowest BCUT2D eigenvalue weighted by molar-refractivity contribution is -0.131. The van der Waals surface area contributed by atoms with E-state index in [2.05, 4.69) is 10.6 Å². The van der Waals surface area contributed by atoms with Gasteiger partial charge in [-0.25, -0.2) is 0 Å². The van der Waals surface area contributed by atoms with Gasteiger partial charge in [-0.05, 0) is 45.2 Å². The molecule has 1 aromatic rings. The number of hydrogen-bond acceptors (Lipinski definition) is 3. The predicted octanol–water partition coefficient (Wildman–Crippen LogP) is 3.08. The summed E-state index contributed by atoms with van der Waals surface area (Å²) in [5, 5.41) is 5.73. The molecule has 0 heterocycles. The van der Waals surface area contributed by atoms with Crippen LogP contribution >= 0.6 is 0 Å². The van der Waals surface area contributed by atoms with Crippen molar-refractivity contribution < 1.29 is 14.4 Å². The summed E-state index contributed by atoms with van der Waals surface area (Å²) in [6.45, 7) is 6.92. The molecule has 0 aliphatic heterocycles. The quantitative estimate of drug-likeness (QED) is 0.755. The molecule has 1 atom stereocenters. The molecule has 2 N–H and O–H groups in total. The number of amides is 3. The molecule has 2 rings (SSSR count). The number of carbonyl (C=O) groups is 3. The minimum Gasteiger partial charge on any atom is -0.351 e. The van der Waals surface area contributed by atoms with Gasteiger partial charge in [-0.2, -0.15) is 0 Å². The second-order valence-corrected chi connectivity index (χ2v) is 7.91. The summed E-state index contributed by atoms with van der Waals surface area (Å²) < 4.78 is 0. The molecule has 0 spiro atoms. The molecule has 0 radical (unpaired) electrons. The molecule has 1 aliphatic rings. The Labute approximate surface area is 168 Å². The van der Waals surface area contributed by atoms with Crippen molar-refractivity contribution in [3.8, 4) is 0 Å². The average molecular weight is 388 g/mol. The van der Waals surface area contributed by atoms with Crippen LogP contribution < -0.4 is 15.5 Å². The Bertz CT molecular complexity index is 695. The molecular weight excluding hydrogens is 354 g/mol. The number of nitrogens with zero attached hydrogens (tertiary/aromatic N) is 1. The highest BCUT2D eigenvalue weighted by atomic mass is 16.2. The standard InChI is InChI=1S/C22H33N3O3/c1-5-22(4,21(28)24-18-9-7-6-8-10-18)25(20(27)15-23-17(3)26)19-13-11-16(2)12-14-19/h11-14,18H,5-10,15H2,1-4H3,(H,23,26)(H,24,28)/t22-/m1/s1. The third kappa shape index (κ3) is 5.33. The van der Waals surface area contributed by atoms with E-state index >= 15 is 0 Å². The van der Waals surface area contributed by atoms with Crippen molar-refractivity contribution in [2.24, 2.45) is 0 Å². The van der Waals surface area contributed by atoms with E-state index in [-0.39, 0.29) is 30.3 Å². The van der Waals surface area contributed by atoms with Crippen molar-refractivity contribution in [3.05, 3.63) is 29.8 Å². The lowest BCUT2D eigenvalue weighted by Crippen LogP contribution is -2.62. The summed E-state index contributed by atoms with van der Waals surface area (Å²) in [5.41, 5.74) is 0.689. The molecule has 0 bridgehead atoms. The van der Waals surface area contributed by atoms with E-state index in [4.69, 9.17) is 0 Å². The highest BCUT2D eigenvalue weighted by molar-refractivity contribution is 6.04. The van der Waals surface area contributed by atoms with E-state index in [1.807, 2.05) is 38.1 Å². The van der Waals surface area contributed by atoms with Crippen LogP contribution in [0.5, 0.6) is 0 Å². The van der Waals surface area contributed by atoms with Crippen LogP contribution in [0.1, 0.15) is 64.9 Å². The van der Waals surface area contributed by atoms with Gasteiger partial charge in [-0.15, -0.1) is 0 Å². The van der Waals surface area contributed by atoms with Crippen molar-refractivity contribution in [2.75, 3.05) is 11.4 Å². The van der Waals surface area contributed by atoms with Crippen molar-refractivity contribution in [1.82, 2.24) is 10.6 Å². The summed E-state index contributed by atoms with van der Waals surface area (Å²) in [6.07, 6.45) is 5.88. The fourth-order valence-electron chi connectivity index (χ4n) is 3.69. The Hall–Kier alpha value is -2.37. The van der Waals surface area contributed by atoms with Gasteiger partial charge in [0, 0.05) is 18.7 Å². The predicted molar refractivity (Wildman–Crippen MR) is 111 cm³/mol. The van der Waals surface area contributed by atoms with Crippen LogP contribution in [-0.2, 0) is 14.4 Å². The molecule has 1 aromatic carbocycles. The maximum absolute atomic E-state index is 13.3. The molecule has 1 saturated carbocycles. The van der Waals surface area contributed by atoms with E-state index in [0.717, 1.165) is 31.2 Å². The normalized spacial score (nSPS) is 16.7. The van der Waals surface area contributed by atoms with Crippen molar-refractivity contribution in [2.45, 2.75) is 77.8 Å². The molecular formula is C22H33N3O3. The van der Waals surface area contributed by atoms with Gasteiger partial charge in [0.05, 0.1) is 6.54 Å². The number of benzene rings is 1. The fourth-order valence-corrected chi connectivity index (χ4v) is 3.69. The van der Waals surface area contributed by atoms with Crippen molar-refractivity contribution in [3.63, 3.8) is 0 Å².